The van der Waals surface area contributed by atoms with Gasteiger partial charge in [0.1, 0.15) is 6.61 Å². The van der Waals surface area contributed by atoms with E-state index in [1.54, 1.807) is 0 Å². The fraction of sp³-hybridized carbons (Fsp3) is 0.235. The number of carbonyl (C=O) groups excluding carboxylic acids is 1. The first-order chi connectivity index (χ1) is 9.08. The van der Waals surface area contributed by atoms with Crippen LogP contribution in [-0.2, 0) is 9.53 Å². The number of esters is 1. The average Bonchev–Trinajstić information content (AvgIpc) is 2.66. The van der Waals surface area contributed by atoms with Gasteiger partial charge in [-0.2, -0.15) is 0 Å². The molecule has 1 saturated heterocycles. The summed E-state index contributed by atoms with van der Waals surface area (Å²) in [6, 6.07) is 14.3. The van der Waals surface area contributed by atoms with Crippen LogP contribution < -0.4 is 0 Å². The highest BCUT2D eigenvalue weighted by atomic mass is 16.5. The molecule has 0 atom stereocenters. The molecule has 1 heterocycles. The molecule has 0 spiro atoms. The molecule has 0 unspecified atom stereocenters. The van der Waals surface area contributed by atoms with Gasteiger partial charge in [-0.1, -0.05) is 56.3 Å². The summed E-state index contributed by atoms with van der Waals surface area (Å²) in [6.45, 7) is 4.53. The maximum atomic E-state index is 11.8. The van der Waals surface area contributed by atoms with E-state index in [9.17, 15) is 4.79 Å². The van der Waals surface area contributed by atoms with E-state index >= 15 is 0 Å². The summed E-state index contributed by atoms with van der Waals surface area (Å²) < 4.78 is 5.16. The number of hydrogen-bond donors (Lipinski definition) is 0. The van der Waals surface area contributed by atoms with E-state index in [-0.39, 0.29) is 11.4 Å². The van der Waals surface area contributed by atoms with Gasteiger partial charge in [-0.05, 0) is 22.4 Å². The van der Waals surface area contributed by atoms with Crippen LogP contribution >= 0.6 is 0 Å². The van der Waals surface area contributed by atoms with Crippen LogP contribution in [0.15, 0.2) is 48.0 Å². The molecule has 0 saturated carbocycles. The minimum Gasteiger partial charge on any atom is -0.461 e. The van der Waals surface area contributed by atoms with Crippen molar-refractivity contribution < 1.29 is 9.53 Å². The third-order valence-electron chi connectivity index (χ3n) is 3.64. The van der Waals surface area contributed by atoms with E-state index in [1.165, 1.54) is 5.39 Å². The fourth-order valence-electron chi connectivity index (χ4n) is 2.46. The van der Waals surface area contributed by atoms with Gasteiger partial charge >= 0.3 is 5.97 Å². The Morgan fingerprint density at radius 1 is 1.11 bits per heavy atom. The molecule has 2 heteroatoms. The predicted molar refractivity (Wildman–Crippen MR) is 76.7 cm³/mol. The Morgan fingerprint density at radius 3 is 2.58 bits per heavy atom. The number of hydrogen-bond acceptors (Lipinski definition) is 2. The summed E-state index contributed by atoms with van der Waals surface area (Å²) in [6.07, 6.45) is 1.97. The van der Waals surface area contributed by atoms with Crippen molar-refractivity contribution in [3.05, 3.63) is 53.6 Å². The van der Waals surface area contributed by atoms with Crippen molar-refractivity contribution in [2.24, 2.45) is 5.41 Å². The molecular formula is C17H16O2. The Morgan fingerprint density at radius 2 is 1.84 bits per heavy atom. The molecule has 1 fully saturated rings. The van der Waals surface area contributed by atoms with Gasteiger partial charge in [0, 0.05) is 11.0 Å². The number of benzene rings is 2. The van der Waals surface area contributed by atoms with Crippen LogP contribution in [0.2, 0.25) is 0 Å². The molecule has 0 radical (unpaired) electrons. The second-order valence-corrected chi connectivity index (χ2v) is 5.59. The Hall–Kier alpha value is -2.09. The summed E-state index contributed by atoms with van der Waals surface area (Å²) in [7, 11) is 0. The summed E-state index contributed by atoms with van der Waals surface area (Å²) >= 11 is 0. The highest BCUT2D eigenvalue weighted by molar-refractivity contribution is 6.00. The highest BCUT2D eigenvalue weighted by Crippen LogP contribution is 2.36. The molecule has 2 nitrogen and oxygen atoms in total. The molecule has 0 amide bonds. The van der Waals surface area contributed by atoms with Crippen LogP contribution in [0.1, 0.15) is 19.4 Å². The van der Waals surface area contributed by atoms with E-state index in [0.29, 0.717) is 6.61 Å². The molecule has 96 valence electrons. The van der Waals surface area contributed by atoms with Gasteiger partial charge in [0.05, 0.1) is 0 Å². The summed E-state index contributed by atoms with van der Waals surface area (Å²) in [5.74, 6) is -0.196. The Kier molecular flexibility index (Phi) is 2.67. The largest absolute Gasteiger partial charge is 0.461 e. The molecule has 0 aromatic heterocycles. The average molecular weight is 252 g/mol. The molecule has 1 aliphatic heterocycles. The monoisotopic (exact) mass is 252 g/mol. The summed E-state index contributed by atoms with van der Waals surface area (Å²) in [5.41, 5.74) is 1.61. The van der Waals surface area contributed by atoms with Gasteiger partial charge in [-0.25, -0.2) is 4.79 Å². The zero-order valence-corrected chi connectivity index (χ0v) is 11.1. The first-order valence-corrected chi connectivity index (χ1v) is 6.45. The van der Waals surface area contributed by atoms with Crippen LogP contribution in [0.3, 0.4) is 0 Å². The van der Waals surface area contributed by atoms with Gasteiger partial charge < -0.3 is 4.74 Å². The molecular weight excluding hydrogens is 236 g/mol. The second kappa shape index (κ2) is 4.23. The van der Waals surface area contributed by atoms with Gasteiger partial charge in [0.2, 0.25) is 0 Å². The molecule has 0 bridgehead atoms. The van der Waals surface area contributed by atoms with Crippen molar-refractivity contribution in [3.63, 3.8) is 0 Å². The molecule has 19 heavy (non-hydrogen) atoms. The van der Waals surface area contributed by atoms with Crippen molar-refractivity contribution in [3.8, 4) is 0 Å². The van der Waals surface area contributed by atoms with Gasteiger partial charge in [-0.3, -0.25) is 0 Å². The Balaban J connectivity index is 2.18. The molecule has 0 aliphatic carbocycles. The van der Waals surface area contributed by atoms with Crippen LogP contribution in [-0.4, -0.2) is 12.6 Å². The van der Waals surface area contributed by atoms with Crippen molar-refractivity contribution in [1.29, 1.82) is 0 Å². The maximum absolute atomic E-state index is 11.8. The van der Waals surface area contributed by atoms with Gasteiger partial charge in [0.25, 0.3) is 0 Å². The number of rotatable bonds is 1. The zero-order chi connectivity index (χ0) is 13.5. The first kappa shape index (κ1) is 12.0. The lowest BCUT2D eigenvalue weighted by Gasteiger charge is -2.14. The van der Waals surface area contributed by atoms with Crippen molar-refractivity contribution in [2.45, 2.75) is 13.8 Å². The van der Waals surface area contributed by atoms with E-state index in [1.807, 2.05) is 44.2 Å². The Labute approximate surface area is 112 Å². The zero-order valence-electron chi connectivity index (χ0n) is 11.1. The lowest BCUT2D eigenvalue weighted by Crippen LogP contribution is -2.13. The van der Waals surface area contributed by atoms with Crippen molar-refractivity contribution in [1.82, 2.24) is 0 Å². The smallest absolute Gasteiger partial charge is 0.334 e. The SMILES string of the molecule is CC1(C)COC(=O)/C1=C/c1cccc2ccccc12. The van der Waals surface area contributed by atoms with E-state index in [0.717, 1.165) is 16.5 Å². The third-order valence-corrected chi connectivity index (χ3v) is 3.64. The molecule has 1 aliphatic rings. The lowest BCUT2D eigenvalue weighted by atomic mass is 9.85. The van der Waals surface area contributed by atoms with Crippen molar-refractivity contribution >= 4 is 22.8 Å². The van der Waals surface area contributed by atoms with E-state index < -0.39 is 0 Å². The quantitative estimate of drug-likeness (QED) is 0.570. The number of fused-ring (bicyclic) bond motifs is 1. The standard InChI is InChI=1S/C17H16O2/c1-17(2)11-19-16(18)15(17)10-13-8-5-7-12-6-3-4-9-14(12)13/h3-10H,11H2,1-2H3/b15-10-. The lowest BCUT2D eigenvalue weighted by molar-refractivity contribution is -0.135. The molecule has 2 aromatic carbocycles. The maximum Gasteiger partial charge on any atom is 0.334 e. The second-order valence-electron chi connectivity index (χ2n) is 5.59. The number of cyclic esters (lactones) is 1. The minimum absolute atomic E-state index is 0.196. The predicted octanol–water partition coefficient (Wildman–Crippen LogP) is 3.81. The first-order valence-electron chi connectivity index (χ1n) is 6.45. The molecule has 2 aromatic rings. The minimum atomic E-state index is -0.214. The summed E-state index contributed by atoms with van der Waals surface area (Å²) in [4.78, 5) is 11.8. The number of ether oxygens (including phenoxy) is 1. The topological polar surface area (TPSA) is 26.3 Å². The van der Waals surface area contributed by atoms with E-state index in [4.69, 9.17) is 4.74 Å². The van der Waals surface area contributed by atoms with Crippen LogP contribution in [0.4, 0.5) is 0 Å². The molecule has 3 rings (SSSR count). The highest BCUT2D eigenvalue weighted by Gasteiger charge is 2.37. The van der Waals surface area contributed by atoms with Gasteiger partial charge in [0.15, 0.2) is 0 Å². The van der Waals surface area contributed by atoms with E-state index in [2.05, 4.69) is 18.2 Å². The third kappa shape index (κ3) is 2.03. The van der Waals surface area contributed by atoms with Crippen LogP contribution in [0.25, 0.3) is 16.8 Å². The van der Waals surface area contributed by atoms with Crippen LogP contribution in [0.5, 0.6) is 0 Å². The number of carbonyl (C=O) groups is 1. The molecule has 0 N–H and O–H groups in total. The summed E-state index contributed by atoms with van der Waals surface area (Å²) in [5, 5.41) is 2.34. The van der Waals surface area contributed by atoms with Gasteiger partial charge in [-0.15, -0.1) is 0 Å². The Bertz CT molecular complexity index is 675. The van der Waals surface area contributed by atoms with Crippen molar-refractivity contribution in [2.75, 3.05) is 6.61 Å². The van der Waals surface area contributed by atoms with Crippen LogP contribution in [0, 0.1) is 5.41 Å². The normalized spacial score (nSPS) is 19.9. The fourth-order valence-corrected chi connectivity index (χ4v) is 2.46.